The Morgan fingerprint density at radius 2 is 1.95 bits per heavy atom. The van der Waals surface area contributed by atoms with Crippen LogP contribution < -0.4 is 0 Å². The Balaban J connectivity index is 1.93. The molecule has 0 amide bonds. The lowest BCUT2D eigenvalue weighted by molar-refractivity contribution is -0.384. The van der Waals surface area contributed by atoms with Crippen molar-refractivity contribution in [2.24, 2.45) is 0 Å². The predicted molar refractivity (Wildman–Crippen MR) is 79.4 cm³/mol. The van der Waals surface area contributed by atoms with Gasteiger partial charge in [-0.3, -0.25) is 15.1 Å². The van der Waals surface area contributed by atoms with Crippen molar-refractivity contribution in [1.82, 2.24) is 9.97 Å². The lowest BCUT2D eigenvalue weighted by Gasteiger charge is -1.89. The molecule has 0 atom stereocenters. The van der Waals surface area contributed by atoms with Gasteiger partial charge in [0.2, 0.25) is 0 Å². The summed E-state index contributed by atoms with van der Waals surface area (Å²) in [5.74, 6) is 0. The fourth-order valence-corrected chi connectivity index (χ4v) is 2.66. The third-order valence-electron chi connectivity index (χ3n) is 2.72. The highest BCUT2D eigenvalue weighted by molar-refractivity contribution is 7.19. The first-order valence-electron chi connectivity index (χ1n) is 5.85. The summed E-state index contributed by atoms with van der Waals surface area (Å²) >= 11 is 1.43. The molecule has 98 valence electrons. The lowest BCUT2D eigenvalue weighted by Crippen LogP contribution is -1.85. The molecule has 0 fully saturated rings. The molecule has 2 heterocycles. The second kappa shape index (κ2) is 5.18. The van der Waals surface area contributed by atoms with E-state index >= 15 is 0 Å². The molecule has 0 saturated heterocycles. The molecular weight excluding hydrogens is 274 g/mol. The van der Waals surface area contributed by atoms with Gasteiger partial charge in [-0.25, -0.2) is 4.98 Å². The number of hydrogen-bond acceptors (Lipinski definition) is 5. The van der Waals surface area contributed by atoms with Crippen LogP contribution in [0.15, 0.2) is 42.7 Å². The topological polar surface area (TPSA) is 68.9 Å². The van der Waals surface area contributed by atoms with Crippen LogP contribution in [0.5, 0.6) is 0 Å². The van der Waals surface area contributed by atoms with Crippen molar-refractivity contribution in [3.63, 3.8) is 0 Å². The number of nitro benzene ring substituents is 1. The maximum Gasteiger partial charge on any atom is 0.270 e. The summed E-state index contributed by atoms with van der Waals surface area (Å²) in [5.41, 5.74) is 1.89. The van der Waals surface area contributed by atoms with Crippen molar-refractivity contribution < 1.29 is 4.92 Å². The van der Waals surface area contributed by atoms with E-state index in [9.17, 15) is 10.1 Å². The van der Waals surface area contributed by atoms with Gasteiger partial charge in [0.1, 0.15) is 5.01 Å². The van der Waals surface area contributed by atoms with Crippen LogP contribution in [-0.4, -0.2) is 14.9 Å². The first-order chi connectivity index (χ1) is 9.72. The minimum atomic E-state index is -0.397. The Morgan fingerprint density at radius 3 is 2.70 bits per heavy atom. The number of thiazole rings is 1. The van der Waals surface area contributed by atoms with Crippen molar-refractivity contribution in [3.05, 3.63) is 63.4 Å². The quantitative estimate of drug-likeness (QED) is 0.542. The summed E-state index contributed by atoms with van der Waals surface area (Å²) in [6, 6.07) is 8.49. The monoisotopic (exact) mass is 283 g/mol. The third kappa shape index (κ3) is 2.55. The van der Waals surface area contributed by atoms with E-state index in [1.54, 1.807) is 24.5 Å². The minimum Gasteiger partial charge on any atom is -0.265 e. The highest BCUT2D eigenvalue weighted by Gasteiger charge is 2.08. The van der Waals surface area contributed by atoms with Gasteiger partial charge in [0.05, 0.1) is 15.1 Å². The highest BCUT2D eigenvalue weighted by Crippen LogP contribution is 2.27. The molecule has 0 bridgehead atoms. The fraction of sp³-hybridized carbons (Fsp3) is 0. The lowest BCUT2D eigenvalue weighted by atomic mass is 10.2. The molecule has 0 saturated carbocycles. The molecule has 0 aliphatic heterocycles. The molecule has 6 heteroatoms. The van der Waals surface area contributed by atoms with E-state index in [0.717, 1.165) is 20.8 Å². The Bertz CT molecular complexity index is 797. The van der Waals surface area contributed by atoms with Crippen molar-refractivity contribution in [1.29, 1.82) is 0 Å². The van der Waals surface area contributed by atoms with Crippen molar-refractivity contribution >= 4 is 39.4 Å². The van der Waals surface area contributed by atoms with Crippen molar-refractivity contribution in [2.75, 3.05) is 0 Å². The molecule has 0 unspecified atom stereocenters. The summed E-state index contributed by atoms with van der Waals surface area (Å²) in [7, 11) is 0. The molecule has 5 nitrogen and oxygen atoms in total. The average Bonchev–Trinajstić information content (AvgIpc) is 2.88. The molecule has 0 radical (unpaired) electrons. The second-order valence-corrected chi connectivity index (χ2v) is 5.14. The summed E-state index contributed by atoms with van der Waals surface area (Å²) in [4.78, 5) is 18.7. The van der Waals surface area contributed by atoms with Crippen LogP contribution in [0.1, 0.15) is 10.6 Å². The van der Waals surface area contributed by atoms with Gasteiger partial charge in [-0.2, -0.15) is 0 Å². The van der Waals surface area contributed by atoms with Crippen LogP contribution in [-0.2, 0) is 0 Å². The van der Waals surface area contributed by atoms with E-state index in [4.69, 9.17) is 0 Å². The molecule has 20 heavy (non-hydrogen) atoms. The number of rotatable bonds is 3. The van der Waals surface area contributed by atoms with Crippen LogP contribution in [0.3, 0.4) is 0 Å². The van der Waals surface area contributed by atoms with Gasteiger partial charge >= 0.3 is 0 Å². The zero-order chi connectivity index (χ0) is 13.9. The van der Waals surface area contributed by atoms with E-state index in [1.165, 1.54) is 17.4 Å². The van der Waals surface area contributed by atoms with Crippen LogP contribution in [0.4, 0.5) is 5.69 Å². The minimum absolute atomic E-state index is 0.0887. The predicted octanol–water partition coefficient (Wildman–Crippen LogP) is 3.77. The highest BCUT2D eigenvalue weighted by atomic mass is 32.1. The summed E-state index contributed by atoms with van der Waals surface area (Å²) < 4.78 is 0.813. The fourth-order valence-electron chi connectivity index (χ4n) is 1.76. The molecule has 3 rings (SSSR count). The smallest absolute Gasteiger partial charge is 0.265 e. The van der Waals surface area contributed by atoms with Gasteiger partial charge in [-0.05, 0) is 29.8 Å². The Kier molecular flexibility index (Phi) is 3.22. The molecule has 0 aliphatic rings. The Labute approximate surface area is 118 Å². The van der Waals surface area contributed by atoms with Gasteiger partial charge in [0.15, 0.2) is 0 Å². The molecule has 2 aromatic heterocycles. The van der Waals surface area contributed by atoms with E-state index in [2.05, 4.69) is 9.97 Å². The molecule has 0 spiro atoms. The SMILES string of the molecule is O=[N+]([O-])c1ccc2nc(/C=C/c3ccncc3)sc2c1. The Morgan fingerprint density at radius 1 is 1.15 bits per heavy atom. The van der Waals surface area contributed by atoms with E-state index in [-0.39, 0.29) is 5.69 Å². The zero-order valence-corrected chi connectivity index (χ0v) is 11.1. The normalized spacial score (nSPS) is 11.2. The van der Waals surface area contributed by atoms with Gasteiger partial charge in [0.25, 0.3) is 5.69 Å². The third-order valence-corrected chi connectivity index (χ3v) is 3.71. The van der Waals surface area contributed by atoms with Gasteiger partial charge < -0.3 is 0 Å². The zero-order valence-electron chi connectivity index (χ0n) is 10.3. The van der Waals surface area contributed by atoms with Crippen LogP contribution in [0.25, 0.3) is 22.4 Å². The number of pyridine rings is 1. The Hall–Kier alpha value is -2.60. The second-order valence-electron chi connectivity index (χ2n) is 4.08. The number of hydrogen-bond donors (Lipinski definition) is 0. The maximum absolute atomic E-state index is 10.7. The average molecular weight is 283 g/mol. The number of benzene rings is 1. The number of nitro groups is 1. The summed E-state index contributed by atoms with van der Waals surface area (Å²) in [5, 5.41) is 11.5. The summed E-state index contributed by atoms with van der Waals surface area (Å²) in [6.45, 7) is 0. The van der Waals surface area contributed by atoms with Crippen molar-refractivity contribution in [3.8, 4) is 0 Å². The summed E-state index contributed by atoms with van der Waals surface area (Å²) in [6.07, 6.45) is 7.28. The number of nitrogens with zero attached hydrogens (tertiary/aromatic N) is 3. The van der Waals surface area contributed by atoms with Gasteiger partial charge in [-0.15, -0.1) is 11.3 Å². The molecule has 0 aliphatic carbocycles. The number of fused-ring (bicyclic) bond motifs is 1. The van der Waals surface area contributed by atoms with E-state index < -0.39 is 4.92 Å². The van der Waals surface area contributed by atoms with E-state index in [1.807, 2.05) is 24.3 Å². The molecular formula is C14H9N3O2S. The molecule has 3 aromatic rings. The standard InChI is InChI=1S/C14H9N3O2S/c18-17(19)11-2-3-12-13(9-11)20-14(16-12)4-1-10-5-7-15-8-6-10/h1-9H/b4-1+. The molecule has 0 N–H and O–H groups in total. The first kappa shape index (κ1) is 12.4. The largest absolute Gasteiger partial charge is 0.270 e. The number of aromatic nitrogens is 2. The maximum atomic E-state index is 10.7. The van der Waals surface area contributed by atoms with E-state index in [0.29, 0.717) is 0 Å². The molecule has 1 aromatic carbocycles. The van der Waals surface area contributed by atoms with Crippen LogP contribution in [0.2, 0.25) is 0 Å². The van der Waals surface area contributed by atoms with Gasteiger partial charge in [0, 0.05) is 24.5 Å². The van der Waals surface area contributed by atoms with Crippen LogP contribution in [0, 0.1) is 10.1 Å². The van der Waals surface area contributed by atoms with Crippen molar-refractivity contribution in [2.45, 2.75) is 0 Å². The van der Waals surface area contributed by atoms with Crippen LogP contribution >= 0.6 is 11.3 Å². The van der Waals surface area contributed by atoms with Gasteiger partial charge in [-0.1, -0.05) is 6.08 Å². The number of non-ortho nitro benzene ring substituents is 1. The first-order valence-corrected chi connectivity index (χ1v) is 6.67.